The van der Waals surface area contributed by atoms with Crippen LogP contribution in [0.15, 0.2) is 11.4 Å². The number of carbonyl (C=O) groups is 1. The van der Waals surface area contributed by atoms with E-state index in [0.717, 1.165) is 11.3 Å². The maximum Gasteiger partial charge on any atom is 0.346 e. The van der Waals surface area contributed by atoms with Crippen molar-refractivity contribution in [3.63, 3.8) is 0 Å². The molecule has 1 aliphatic heterocycles. The van der Waals surface area contributed by atoms with Gasteiger partial charge in [-0.2, -0.15) is 11.8 Å². The number of hydrogen-bond acceptors (Lipinski definition) is 4. The summed E-state index contributed by atoms with van der Waals surface area (Å²) in [5.74, 6) is 1.59. The molecule has 0 aromatic carbocycles. The Morgan fingerprint density at radius 1 is 1.62 bits per heavy atom. The summed E-state index contributed by atoms with van der Waals surface area (Å²) in [6.07, 6.45) is 2.47. The van der Waals surface area contributed by atoms with Crippen LogP contribution in [0.2, 0.25) is 0 Å². The normalized spacial score (nSPS) is 20.9. The van der Waals surface area contributed by atoms with Gasteiger partial charge in [-0.25, -0.2) is 4.79 Å². The van der Waals surface area contributed by atoms with Crippen LogP contribution in [0.25, 0.3) is 0 Å². The molecule has 1 saturated heterocycles. The minimum Gasteiger partial charge on any atom is -0.477 e. The van der Waals surface area contributed by atoms with Crippen molar-refractivity contribution in [1.29, 1.82) is 0 Å². The van der Waals surface area contributed by atoms with Crippen molar-refractivity contribution in [2.75, 3.05) is 11.5 Å². The van der Waals surface area contributed by atoms with Crippen LogP contribution in [-0.4, -0.2) is 28.6 Å². The lowest BCUT2D eigenvalue weighted by molar-refractivity contribution is 0.0701. The highest BCUT2D eigenvalue weighted by Crippen LogP contribution is 2.19. The fourth-order valence-corrected chi connectivity index (χ4v) is 3.69. The van der Waals surface area contributed by atoms with Gasteiger partial charge in [0.15, 0.2) is 0 Å². The molecule has 0 spiro atoms. The number of nitrogens with one attached hydrogen (secondary N) is 1. The number of carboxylic acids is 1. The topological polar surface area (TPSA) is 49.3 Å². The van der Waals surface area contributed by atoms with Gasteiger partial charge in [-0.05, 0) is 35.6 Å². The van der Waals surface area contributed by atoms with Gasteiger partial charge in [-0.15, -0.1) is 11.3 Å². The Hall–Kier alpha value is -0.520. The van der Waals surface area contributed by atoms with E-state index in [0.29, 0.717) is 17.5 Å². The zero-order valence-electron chi connectivity index (χ0n) is 8.94. The first-order valence-electron chi connectivity index (χ1n) is 5.38. The molecule has 5 heteroatoms. The highest BCUT2D eigenvalue weighted by molar-refractivity contribution is 7.99. The van der Waals surface area contributed by atoms with Gasteiger partial charge in [-0.1, -0.05) is 0 Å². The number of hydrogen-bond donors (Lipinski definition) is 2. The zero-order chi connectivity index (χ0) is 11.4. The average molecular weight is 257 g/mol. The third-order valence-corrected chi connectivity index (χ3v) is 4.84. The fraction of sp³-hybridized carbons (Fsp3) is 0.545. The summed E-state index contributed by atoms with van der Waals surface area (Å²) in [6, 6.07) is 2.44. The van der Waals surface area contributed by atoms with Crippen LogP contribution < -0.4 is 5.32 Å². The van der Waals surface area contributed by atoms with E-state index in [1.165, 1.54) is 29.9 Å². The molecule has 3 nitrogen and oxygen atoms in total. The maximum absolute atomic E-state index is 10.9. The summed E-state index contributed by atoms with van der Waals surface area (Å²) in [4.78, 5) is 11.4. The SMILES string of the molecule is O=C(O)c1sccc1CNC1CCCSC1. The van der Waals surface area contributed by atoms with Crippen LogP contribution in [0.4, 0.5) is 0 Å². The molecule has 16 heavy (non-hydrogen) atoms. The van der Waals surface area contributed by atoms with Crippen LogP contribution in [-0.2, 0) is 6.54 Å². The second-order valence-corrected chi connectivity index (χ2v) is 5.94. The van der Waals surface area contributed by atoms with Gasteiger partial charge in [0, 0.05) is 18.3 Å². The van der Waals surface area contributed by atoms with E-state index in [1.54, 1.807) is 0 Å². The van der Waals surface area contributed by atoms with Gasteiger partial charge in [-0.3, -0.25) is 0 Å². The van der Waals surface area contributed by atoms with Gasteiger partial charge in [0.05, 0.1) is 0 Å². The molecule has 0 radical (unpaired) electrons. The molecule has 2 rings (SSSR count). The van der Waals surface area contributed by atoms with Crippen molar-refractivity contribution in [2.45, 2.75) is 25.4 Å². The number of aromatic carboxylic acids is 1. The van der Waals surface area contributed by atoms with Crippen molar-refractivity contribution in [3.8, 4) is 0 Å². The third-order valence-electron chi connectivity index (χ3n) is 2.68. The Morgan fingerprint density at radius 2 is 2.50 bits per heavy atom. The number of thioether (sulfide) groups is 1. The van der Waals surface area contributed by atoms with Crippen molar-refractivity contribution >= 4 is 29.1 Å². The predicted molar refractivity (Wildman–Crippen MR) is 68.5 cm³/mol. The molecular weight excluding hydrogens is 242 g/mol. The second kappa shape index (κ2) is 5.70. The first-order valence-corrected chi connectivity index (χ1v) is 7.41. The first-order chi connectivity index (χ1) is 7.77. The van der Waals surface area contributed by atoms with Crippen LogP contribution in [0, 0.1) is 0 Å². The van der Waals surface area contributed by atoms with Crippen LogP contribution in [0.3, 0.4) is 0 Å². The molecule has 0 amide bonds. The van der Waals surface area contributed by atoms with E-state index in [9.17, 15) is 4.79 Å². The lowest BCUT2D eigenvalue weighted by Crippen LogP contribution is -2.33. The predicted octanol–water partition coefficient (Wildman–Crippen LogP) is 2.43. The molecule has 2 N–H and O–H groups in total. The van der Waals surface area contributed by atoms with E-state index >= 15 is 0 Å². The Morgan fingerprint density at radius 3 is 3.19 bits per heavy atom. The summed E-state index contributed by atoms with van der Waals surface area (Å²) in [7, 11) is 0. The molecule has 1 aromatic heterocycles. The first kappa shape index (κ1) is 12.0. The molecule has 1 aliphatic rings. The quantitative estimate of drug-likeness (QED) is 0.870. The largest absolute Gasteiger partial charge is 0.477 e. The van der Waals surface area contributed by atoms with Crippen molar-refractivity contribution in [1.82, 2.24) is 5.32 Å². The van der Waals surface area contributed by atoms with Gasteiger partial charge in [0.2, 0.25) is 0 Å². The molecule has 2 heterocycles. The second-order valence-electron chi connectivity index (χ2n) is 3.88. The van der Waals surface area contributed by atoms with E-state index in [-0.39, 0.29) is 0 Å². The number of thiophene rings is 1. The van der Waals surface area contributed by atoms with E-state index in [1.807, 2.05) is 23.2 Å². The van der Waals surface area contributed by atoms with Gasteiger partial charge in [0.25, 0.3) is 0 Å². The lowest BCUT2D eigenvalue weighted by atomic mass is 10.1. The van der Waals surface area contributed by atoms with Crippen molar-refractivity contribution in [3.05, 3.63) is 21.9 Å². The van der Waals surface area contributed by atoms with Crippen LogP contribution >= 0.6 is 23.1 Å². The molecule has 1 fully saturated rings. The Labute approximate surface area is 103 Å². The molecule has 0 bridgehead atoms. The molecular formula is C11H15NO2S2. The summed E-state index contributed by atoms with van der Waals surface area (Å²) in [5, 5.41) is 14.3. The summed E-state index contributed by atoms with van der Waals surface area (Å²) in [6.45, 7) is 0.677. The van der Waals surface area contributed by atoms with E-state index < -0.39 is 5.97 Å². The van der Waals surface area contributed by atoms with Crippen molar-refractivity contribution in [2.24, 2.45) is 0 Å². The van der Waals surface area contributed by atoms with E-state index in [4.69, 9.17) is 5.11 Å². The lowest BCUT2D eigenvalue weighted by Gasteiger charge is -2.22. The molecule has 1 atom stereocenters. The standard InChI is InChI=1S/C11H15NO2S2/c13-11(14)10-8(3-5-16-10)6-12-9-2-1-4-15-7-9/h3,5,9,12H,1-2,4,6-7H2,(H,13,14). The minimum absolute atomic E-state index is 0.468. The van der Waals surface area contributed by atoms with Crippen molar-refractivity contribution < 1.29 is 9.90 Å². The third kappa shape index (κ3) is 2.99. The fourth-order valence-electron chi connectivity index (χ4n) is 1.82. The van der Waals surface area contributed by atoms with Gasteiger partial charge < -0.3 is 10.4 Å². The number of carboxylic acid groups (broad SMARTS) is 1. The van der Waals surface area contributed by atoms with Crippen LogP contribution in [0.5, 0.6) is 0 Å². The highest BCUT2D eigenvalue weighted by atomic mass is 32.2. The molecule has 1 unspecified atom stereocenters. The summed E-state index contributed by atoms with van der Waals surface area (Å²) >= 11 is 3.27. The van der Waals surface area contributed by atoms with E-state index in [2.05, 4.69) is 5.32 Å². The summed E-state index contributed by atoms with van der Waals surface area (Å²) in [5.41, 5.74) is 0.910. The minimum atomic E-state index is -0.815. The molecule has 1 aromatic rings. The Bertz CT molecular complexity index is 359. The molecule has 0 saturated carbocycles. The van der Waals surface area contributed by atoms with Gasteiger partial charge in [0.1, 0.15) is 4.88 Å². The summed E-state index contributed by atoms with van der Waals surface area (Å²) < 4.78 is 0. The van der Waals surface area contributed by atoms with Gasteiger partial charge >= 0.3 is 5.97 Å². The number of rotatable bonds is 4. The highest BCUT2D eigenvalue weighted by Gasteiger charge is 2.15. The zero-order valence-corrected chi connectivity index (χ0v) is 10.6. The maximum atomic E-state index is 10.9. The van der Waals surface area contributed by atoms with Crippen LogP contribution in [0.1, 0.15) is 28.1 Å². The molecule has 0 aliphatic carbocycles. The smallest absolute Gasteiger partial charge is 0.346 e. The molecule has 88 valence electrons. The monoisotopic (exact) mass is 257 g/mol. The average Bonchev–Trinajstić information content (AvgIpc) is 2.76. The Kier molecular flexibility index (Phi) is 4.26. The Balaban J connectivity index is 1.88.